The Hall–Kier alpha value is -4.45. The second-order valence-corrected chi connectivity index (χ2v) is 11.2. The van der Waals surface area contributed by atoms with Gasteiger partial charge in [0.2, 0.25) is 6.10 Å². The molecule has 2 N–H and O–H groups in total. The topological polar surface area (TPSA) is 110 Å². The average Bonchev–Trinajstić information content (AvgIpc) is 3.69. The standard InChI is InChI=1S/C31H29ClF3N3O6/c1-17(37-44-18(2)29(40)41)20-12-22(14-24(13-20)42-3)36-27(19-4-6-21(32)7-5-19)28(39)38-16-30(10-11-30)25-9-8-23(15-26(25)38)43-31(33,34)35/h4-9,12-15,18,27,36H,10-11,16H2,1-3H3,(H,40,41)/b37-17+. The Morgan fingerprint density at radius 3 is 2.39 bits per heavy atom. The highest BCUT2D eigenvalue weighted by molar-refractivity contribution is 6.30. The van der Waals surface area contributed by atoms with Crippen molar-refractivity contribution in [2.24, 2.45) is 5.16 Å². The molecule has 1 saturated carbocycles. The van der Waals surface area contributed by atoms with E-state index in [2.05, 4.69) is 15.2 Å². The first kappa shape index (κ1) is 31.0. The van der Waals surface area contributed by atoms with Crippen molar-refractivity contribution in [3.63, 3.8) is 0 Å². The maximum Gasteiger partial charge on any atom is 0.573 e. The van der Waals surface area contributed by atoms with E-state index in [4.69, 9.17) is 26.3 Å². The molecule has 1 heterocycles. The van der Waals surface area contributed by atoms with Gasteiger partial charge in [-0.2, -0.15) is 0 Å². The van der Waals surface area contributed by atoms with E-state index in [1.165, 1.54) is 31.1 Å². The molecule has 2 aliphatic rings. The van der Waals surface area contributed by atoms with Gasteiger partial charge in [0.05, 0.1) is 18.5 Å². The number of ether oxygens (including phenoxy) is 2. The molecule has 3 aromatic rings. The Kier molecular flexibility index (Phi) is 8.39. The molecule has 3 aromatic carbocycles. The van der Waals surface area contributed by atoms with Gasteiger partial charge in [0.1, 0.15) is 17.5 Å². The third kappa shape index (κ3) is 6.70. The van der Waals surface area contributed by atoms with Crippen LogP contribution in [0.25, 0.3) is 0 Å². The van der Waals surface area contributed by atoms with E-state index < -0.39 is 36.1 Å². The third-order valence-electron chi connectivity index (χ3n) is 7.66. The summed E-state index contributed by atoms with van der Waals surface area (Å²) in [4.78, 5) is 32.1. The van der Waals surface area contributed by atoms with E-state index in [9.17, 15) is 22.8 Å². The smallest absolute Gasteiger partial charge is 0.497 e. The molecule has 1 aliphatic carbocycles. The van der Waals surface area contributed by atoms with Crippen LogP contribution in [0.5, 0.6) is 11.5 Å². The largest absolute Gasteiger partial charge is 0.573 e. The van der Waals surface area contributed by atoms with E-state index >= 15 is 0 Å². The monoisotopic (exact) mass is 631 g/mol. The molecule has 232 valence electrons. The van der Waals surface area contributed by atoms with Crippen LogP contribution in [-0.4, -0.2) is 48.8 Å². The first-order valence-corrected chi connectivity index (χ1v) is 14.0. The lowest BCUT2D eigenvalue weighted by molar-refractivity contribution is -0.274. The van der Waals surface area contributed by atoms with Crippen molar-refractivity contribution >= 4 is 40.6 Å². The van der Waals surface area contributed by atoms with Gasteiger partial charge in [-0.1, -0.05) is 35.0 Å². The van der Waals surface area contributed by atoms with Gasteiger partial charge < -0.3 is 29.6 Å². The number of anilines is 2. The summed E-state index contributed by atoms with van der Waals surface area (Å²) in [6.45, 7) is 3.29. The molecule has 1 fully saturated rings. The molecule has 2 atom stereocenters. The fraction of sp³-hybridized carbons (Fsp3) is 0.323. The van der Waals surface area contributed by atoms with E-state index in [0.29, 0.717) is 45.5 Å². The number of hydrogen-bond acceptors (Lipinski definition) is 7. The number of benzene rings is 3. The van der Waals surface area contributed by atoms with Crippen LogP contribution < -0.4 is 19.7 Å². The number of nitrogens with one attached hydrogen (secondary N) is 1. The van der Waals surface area contributed by atoms with Crippen LogP contribution >= 0.6 is 11.6 Å². The Morgan fingerprint density at radius 2 is 1.77 bits per heavy atom. The van der Waals surface area contributed by atoms with Gasteiger partial charge in [-0.05, 0) is 68.1 Å². The lowest BCUT2D eigenvalue weighted by atomic mass is 9.99. The molecular weight excluding hydrogens is 603 g/mol. The molecule has 44 heavy (non-hydrogen) atoms. The minimum atomic E-state index is -4.88. The van der Waals surface area contributed by atoms with Crippen molar-refractivity contribution in [3.8, 4) is 11.5 Å². The van der Waals surface area contributed by atoms with Gasteiger partial charge in [-0.25, -0.2) is 4.79 Å². The number of alkyl halides is 3. The van der Waals surface area contributed by atoms with Gasteiger partial charge >= 0.3 is 12.3 Å². The number of halogens is 4. The Morgan fingerprint density at radius 1 is 1.07 bits per heavy atom. The summed E-state index contributed by atoms with van der Waals surface area (Å²) >= 11 is 6.13. The van der Waals surface area contributed by atoms with Crippen LogP contribution in [0.1, 0.15) is 49.4 Å². The van der Waals surface area contributed by atoms with E-state index in [1.54, 1.807) is 55.5 Å². The number of aliphatic carboxylic acids is 1. The van der Waals surface area contributed by atoms with Gasteiger partial charge in [-0.3, -0.25) is 4.79 Å². The Labute approximate surface area is 256 Å². The fourth-order valence-electron chi connectivity index (χ4n) is 5.16. The fourth-order valence-corrected chi connectivity index (χ4v) is 5.28. The van der Waals surface area contributed by atoms with Crippen LogP contribution in [-0.2, 0) is 19.8 Å². The van der Waals surface area contributed by atoms with Gasteiger partial charge in [0.25, 0.3) is 5.91 Å². The second-order valence-electron chi connectivity index (χ2n) is 10.8. The maximum absolute atomic E-state index is 14.4. The number of carbonyl (C=O) groups excluding carboxylic acids is 1. The molecular formula is C31H29ClF3N3O6. The first-order valence-electron chi connectivity index (χ1n) is 13.6. The molecule has 2 unspecified atom stereocenters. The molecule has 9 nitrogen and oxygen atoms in total. The molecule has 1 spiro atoms. The average molecular weight is 632 g/mol. The summed E-state index contributed by atoms with van der Waals surface area (Å²) in [5, 5.41) is 16.7. The number of rotatable bonds is 10. The van der Waals surface area contributed by atoms with Crippen molar-refractivity contribution < 1.29 is 42.2 Å². The van der Waals surface area contributed by atoms with Crippen molar-refractivity contribution in [1.29, 1.82) is 0 Å². The van der Waals surface area contributed by atoms with Crippen molar-refractivity contribution in [2.75, 3.05) is 23.9 Å². The first-order chi connectivity index (χ1) is 20.8. The number of hydrogen-bond donors (Lipinski definition) is 2. The molecule has 0 bridgehead atoms. The third-order valence-corrected chi connectivity index (χ3v) is 7.91. The zero-order chi connectivity index (χ0) is 31.8. The minimum absolute atomic E-state index is 0.309. The van der Waals surface area contributed by atoms with Crippen LogP contribution in [0.4, 0.5) is 24.5 Å². The molecule has 13 heteroatoms. The minimum Gasteiger partial charge on any atom is -0.497 e. The highest BCUT2D eigenvalue weighted by Crippen LogP contribution is 2.57. The normalized spacial score (nSPS) is 16.6. The Bertz CT molecular complexity index is 1610. The summed E-state index contributed by atoms with van der Waals surface area (Å²) in [5.74, 6) is -1.55. The molecule has 0 radical (unpaired) electrons. The predicted molar refractivity (Wildman–Crippen MR) is 158 cm³/mol. The van der Waals surface area contributed by atoms with Crippen molar-refractivity contribution in [1.82, 2.24) is 0 Å². The van der Waals surface area contributed by atoms with Crippen LogP contribution in [0.3, 0.4) is 0 Å². The number of carboxylic acid groups (broad SMARTS) is 1. The summed E-state index contributed by atoms with van der Waals surface area (Å²) in [6.07, 6.45) is -4.43. The Balaban J connectivity index is 1.51. The van der Waals surface area contributed by atoms with Crippen molar-refractivity contribution in [2.45, 2.75) is 50.6 Å². The predicted octanol–water partition coefficient (Wildman–Crippen LogP) is 6.69. The van der Waals surface area contributed by atoms with Crippen LogP contribution in [0.2, 0.25) is 5.02 Å². The van der Waals surface area contributed by atoms with Crippen LogP contribution in [0, 0.1) is 0 Å². The molecule has 5 rings (SSSR count). The van der Waals surface area contributed by atoms with Crippen LogP contribution in [0.15, 0.2) is 65.8 Å². The molecule has 1 amide bonds. The lowest BCUT2D eigenvalue weighted by Gasteiger charge is -2.27. The number of methoxy groups -OCH3 is 1. The molecule has 0 saturated heterocycles. The zero-order valence-electron chi connectivity index (χ0n) is 23.9. The van der Waals surface area contributed by atoms with E-state index in [1.807, 2.05) is 0 Å². The summed E-state index contributed by atoms with van der Waals surface area (Å²) < 4.78 is 48.7. The van der Waals surface area contributed by atoms with Gasteiger partial charge in [-0.15, -0.1) is 13.2 Å². The number of oxime groups is 1. The summed E-state index contributed by atoms with van der Waals surface area (Å²) in [6, 6.07) is 14.9. The van der Waals surface area contributed by atoms with E-state index in [-0.39, 0.29) is 5.41 Å². The van der Waals surface area contributed by atoms with E-state index in [0.717, 1.165) is 18.4 Å². The lowest BCUT2D eigenvalue weighted by Crippen LogP contribution is -2.38. The summed E-state index contributed by atoms with van der Waals surface area (Å²) in [7, 11) is 1.47. The number of carboxylic acids is 1. The number of carbonyl (C=O) groups is 2. The van der Waals surface area contributed by atoms with Gasteiger partial charge in [0, 0.05) is 40.4 Å². The molecule has 0 aromatic heterocycles. The van der Waals surface area contributed by atoms with Gasteiger partial charge in [0.15, 0.2) is 0 Å². The highest BCUT2D eigenvalue weighted by atomic mass is 35.5. The zero-order valence-corrected chi connectivity index (χ0v) is 24.7. The number of fused-ring (bicyclic) bond motifs is 2. The highest BCUT2D eigenvalue weighted by Gasteiger charge is 2.54. The maximum atomic E-state index is 14.4. The SMILES string of the molecule is COc1cc(NC(C(=O)N2CC3(CC3)c3ccc(OC(F)(F)F)cc32)c2ccc(Cl)cc2)cc(/C(C)=N/OC(C)C(=O)O)c1. The number of amides is 1. The second kappa shape index (κ2) is 11.9. The molecule has 1 aliphatic heterocycles. The summed E-state index contributed by atoms with van der Waals surface area (Å²) in [5.41, 5.74) is 2.78. The van der Waals surface area contributed by atoms with Crippen molar-refractivity contribution in [3.05, 3.63) is 82.4 Å². The number of nitrogens with zero attached hydrogens (tertiary/aromatic N) is 2. The quantitative estimate of drug-likeness (QED) is 0.189.